The fourth-order valence-corrected chi connectivity index (χ4v) is 2.26. The zero-order chi connectivity index (χ0) is 10.2. The summed E-state index contributed by atoms with van der Waals surface area (Å²) in [6.45, 7) is 1.83. The van der Waals surface area contributed by atoms with E-state index >= 15 is 0 Å². The Kier molecular flexibility index (Phi) is 6.15. The minimum atomic E-state index is 0.258. The number of ether oxygens (including phenoxy) is 1. The van der Waals surface area contributed by atoms with Crippen molar-refractivity contribution in [2.45, 2.75) is 38.1 Å². The molecular weight excluding hydrogens is 178 g/mol. The van der Waals surface area contributed by atoms with Crippen LogP contribution in [0.2, 0.25) is 0 Å². The third kappa shape index (κ3) is 3.95. The molecule has 0 aliphatic heterocycles. The maximum Gasteiger partial charge on any atom is 0.0587 e. The summed E-state index contributed by atoms with van der Waals surface area (Å²) in [7, 11) is 1.70. The first-order chi connectivity index (χ1) is 6.88. The summed E-state index contributed by atoms with van der Waals surface area (Å²) in [5.74, 6) is 0.672. The number of hydrogen-bond acceptors (Lipinski definition) is 3. The zero-order valence-corrected chi connectivity index (χ0v) is 9.17. The summed E-state index contributed by atoms with van der Waals surface area (Å²) in [5.41, 5.74) is 0. The summed E-state index contributed by atoms with van der Waals surface area (Å²) in [5, 5.41) is 12.6. The maximum atomic E-state index is 9.27. The standard InChI is InChI=1S/C11H23NO2/c1-14-8-7-12-11(9-13)10-5-3-2-4-6-10/h10-13H,2-9H2,1H3. The lowest BCUT2D eigenvalue weighted by atomic mass is 9.84. The van der Waals surface area contributed by atoms with Crippen LogP contribution >= 0.6 is 0 Å². The average Bonchev–Trinajstić information content (AvgIpc) is 2.26. The molecule has 0 spiro atoms. The quantitative estimate of drug-likeness (QED) is 0.634. The van der Waals surface area contributed by atoms with Gasteiger partial charge in [0.2, 0.25) is 0 Å². The molecule has 14 heavy (non-hydrogen) atoms. The summed E-state index contributed by atoms with van der Waals surface area (Å²) >= 11 is 0. The van der Waals surface area contributed by atoms with E-state index in [4.69, 9.17) is 4.74 Å². The molecule has 0 amide bonds. The van der Waals surface area contributed by atoms with E-state index in [1.54, 1.807) is 7.11 Å². The van der Waals surface area contributed by atoms with E-state index in [0.717, 1.165) is 13.2 Å². The SMILES string of the molecule is COCCNC(CO)C1CCCCC1. The molecular formula is C11H23NO2. The molecule has 1 fully saturated rings. The van der Waals surface area contributed by atoms with Crippen molar-refractivity contribution in [3.05, 3.63) is 0 Å². The first-order valence-electron chi connectivity index (χ1n) is 5.71. The molecule has 0 aromatic heterocycles. The Labute approximate surface area is 86.8 Å². The molecule has 1 unspecified atom stereocenters. The van der Waals surface area contributed by atoms with Crippen LogP contribution in [0.4, 0.5) is 0 Å². The number of nitrogens with one attached hydrogen (secondary N) is 1. The van der Waals surface area contributed by atoms with Crippen LogP contribution in [-0.2, 0) is 4.74 Å². The van der Waals surface area contributed by atoms with Crippen molar-refractivity contribution in [3.63, 3.8) is 0 Å². The first kappa shape index (κ1) is 12.0. The van der Waals surface area contributed by atoms with Gasteiger partial charge >= 0.3 is 0 Å². The largest absolute Gasteiger partial charge is 0.395 e. The third-order valence-electron chi connectivity index (χ3n) is 3.13. The number of methoxy groups -OCH3 is 1. The molecule has 1 aliphatic rings. The number of hydrogen-bond donors (Lipinski definition) is 2. The van der Waals surface area contributed by atoms with Crippen molar-refractivity contribution in [1.29, 1.82) is 0 Å². The Morgan fingerprint density at radius 2 is 2.07 bits per heavy atom. The molecule has 1 rings (SSSR count). The normalized spacial score (nSPS) is 21.0. The lowest BCUT2D eigenvalue weighted by Crippen LogP contribution is -2.41. The summed E-state index contributed by atoms with van der Waals surface area (Å²) in [6.07, 6.45) is 6.56. The summed E-state index contributed by atoms with van der Waals surface area (Å²) in [6, 6.07) is 0.283. The van der Waals surface area contributed by atoms with Crippen molar-refractivity contribution in [3.8, 4) is 0 Å². The van der Waals surface area contributed by atoms with E-state index in [-0.39, 0.29) is 12.6 Å². The number of aliphatic hydroxyl groups excluding tert-OH is 1. The van der Waals surface area contributed by atoms with Crippen molar-refractivity contribution >= 4 is 0 Å². The molecule has 3 heteroatoms. The second kappa shape index (κ2) is 7.21. The lowest BCUT2D eigenvalue weighted by Gasteiger charge is -2.29. The van der Waals surface area contributed by atoms with Gasteiger partial charge in [-0.05, 0) is 18.8 Å². The Balaban J connectivity index is 2.21. The molecule has 1 atom stereocenters. The van der Waals surface area contributed by atoms with Gasteiger partial charge in [0.15, 0.2) is 0 Å². The second-order valence-corrected chi connectivity index (χ2v) is 4.13. The van der Waals surface area contributed by atoms with Crippen molar-refractivity contribution in [2.75, 3.05) is 26.9 Å². The molecule has 84 valence electrons. The van der Waals surface area contributed by atoms with E-state index in [1.165, 1.54) is 32.1 Å². The molecule has 0 aromatic carbocycles. The van der Waals surface area contributed by atoms with Crippen LogP contribution in [-0.4, -0.2) is 38.0 Å². The van der Waals surface area contributed by atoms with Gasteiger partial charge in [-0.25, -0.2) is 0 Å². The van der Waals surface area contributed by atoms with Crippen molar-refractivity contribution in [2.24, 2.45) is 5.92 Å². The van der Waals surface area contributed by atoms with Gasteiger partial charge < -0.3 is 15.2 Å². The Morgan fingerprint density at radius 3 is 2.64 bits per heavy atom. The molecule has 0 saturated heterocycles. The molecule has 0 heterocycles. The maximum absolute atomic E-state index is 9.27. The van der Waals surface area contributed by atoms with Crippen LogP contribution in [0.5, 0.6) is 0 Å². The van der Waals surface area contributed by atoms with Crippen molar-refractivity contribution in [1.82, 2.24) is 5.32 Å². The molecule has 1 aliphatic carbocycles. The highest BCUT2D eigenvalue weighted by molar-refractivity contribution is 4.78. The third-order valence-corrected chi connectivity index (χ3v) is 3.13. The predicted molar refractivity (Wildman–Crippen MR) is 57.3 cm³/mol. The molecule has 3 nitrogen and oxygen atoms in total. The van der Waals surface area contributed by atoms with Crippen LogP contribution in [0.1, 0.15) is 32.1 Å². The highest BCUT2D eigenvalue weighted by atomic mass is 16.5. The second-order valence-electron chi connectivity index (χ2n) is 4.13. The van der Waals surface area contributed by atoms with Gasteiger partial charge in [-0.1, -0.05) is 19.3 Å². The molecule has 1 saturated carbocycles. The van der Waals surface area contributed by atoms with Crippen LogP contribution in [0.25, 0.3) is 0 Å². The van der Waals surface area contributed by atoms with E-state index in [2.05, 4.69) is 5.32 Å². The van der Waals surface area contributed by atoms with Gasteiger partial charge in [0.05, 0.1) is 13.2 Å². The van der Waals surface area contributed by atoms with Crippen LogP contribution in [0.15, 0.2) is 0 Å². The van der Waals surface area contributed by atoms with Gasteiger partial charge in [-0.3, -0.25) is 0 Å². The van der Waals surface area contributed by atoms with Crippen LogP contribution in [0.3, 0.4) is 0 Å². The molecule has 0 radical (unpaired) electrons. The smallest absolute Gasteiger partial charge is 0.0587 e. The highest BCUT2D eigenvalue weighted by Gasteiger charge is 2.22. The Morgan fingerprint density at radius 1 is 1.36 bits per heavy atom. The molecule has 0 aromatic rings. The first-order valence-corrected chi connectivity index (χ1v) is 5.71. The average molecular weight is 201 g/mol. The van der Waals surface area contributed by atoms with E-state index < -0.39 is 0 Å². The fraction of sp³-hybridized carbons (Fsp3) is 1.00. The van der Waals surface area contributed by atoms with Crippen LogP contribution < -0.4 is 5.32 Å². The van der Waals surface area contributed by atoms with E-state index in [0.29, 0.717) is 5.92 Å². The summed E-state index contributed by atoms with van der Waals surface area (Å²) < 4.78 is 4.98. The fourth-order valence-electron chi connectivity index (χ4n) is 2.26. The lowest BCUT2D eigenvalue weighted by molar-refractivity contribution is 0.150. The topological polar surface area (TPSA) is 41.5 Å². The minimum absolute atomic E-state index is 0.258. The van der Waals surface area contributed by atoms with Gasteiger partial charge in [0.1, 0.15) is 0 Å². The van der Waals surface area contributed by atoms with Crippen LogP contribution in [0, 0.1) is 5.92 Å². The summed E-state index contributed by atoms with van der Waals surface area (Å²) in [4.78, 5) is 0. The van der Waals surface area contributed by atoms with E-state index in [9.17, 15) is 5.11 Å². The minimum Gasteiger partial charge on any atom is -0.395 e. The predicted octanol–water partition coefficient (Wildman–Crippen LogP) is 1.16. The monoisotopic (exact) mass is 201 g/mol. The van der Waals surface area contributed by atoms with Gasteiger partial charge in [0, 0.05) is 19.7 Å². The number of rotatable bonds is 6. The van der Waals surface area contributed by atoms with E-state index in [1.807, 2.05) is 0 Å². The van der Waals surface area contributed by atoms with Gasteiger partial charge in [0.25, 0.3) is 0 Å². The van der Waals surface area contributed by atoms with Gasteiger partial charge in [-0.2, -0.15) is 0 Å². The Bertz CT molecular complexity index is 135. The molecule has 0 bridgehead atoms. The van der Waals surface area contributed by atoms with Crippen molar-refractivity contribution < 1.29 is 9.84 Å². The zero-order valence-electron chi connectivity index (χ0n) is 9.17. The molecule has 2 N–H and O–H groups in total. The van der Waals surface area contributed by atoms with Gasteiger partial charge in [-0.15, -0.1) is 0 Å². The highest BCUT2D eigenvalue weighted by Crippen LogP contribution is 2.26. The number of aliphatic hydroxyl groups is 1. The Hall–Kier alpha value is -0.120.